The molecule has 0 aromatic carbocycles. The van der Waals surface area contributed by atoms with Crippen molar-refractivity contribution < 1.29 is 9.53 Å². The molecule has 1 aliphatic heterocycles. The van der Waals surface area contributed by atoms with Gasteiger partial charge in [0.1, 0.15) is 11.9 Å². The number of aromatic nitrogens is 2. The number of ether oxygens (including phenoxy) is 1. The molecule has 1 amide bonds. The molecule has 1 saturated heterocycles. The number of hydrogen-bond acceptors (Lipinski definition) is 7. The lowest BCUT2D eigenvalue weighted by Crippen LogP contribution is -2.54. The first-order chi connectivity index (χ1) is 10.5. The quantitative estimate of drug-likeness (QED) is 0.759. The highest BCUT2D eigenvalue weighted by Crippen LogP contribution is 2.16. The monoisotopic (exact) mass is 308 g/mol. The minimum atomic E-state index is -0.587. The van der Waals surface area contributed by atoms with Gasteiger partial charge in [-0.3, -0.25) is 4.79 Å². The van der Waals surface area contributed by atoms with Gasteiger partial charge in [0.05, 0.1) is 6.61 Å². The summed E-state index contributed by atoms with van der Waals surface area (Å²) < 4.78 is 4.94. The highest BCUT2D eigenvalue weighted by atomic mass is 16.5. The van der Waals surface area contributed by atoms with Crippen LogP contribution in [0.3, 0.4) is 0 Å². The van der Waals surface area contributed by atoms with Crippen molar-refractivity contribution in [3.05, 3.63) is 12.3 Å². The number of methoxy groups -OCH3 is 1. The average molecular weight is 308 g/mol. The van der Waals surface area contributed by atoms with Crippen molar-refractivity contribution in [1.29, 1.82) is 0 Å². The molecule has 1 aliphatic rings. The zero-order valence-corrected chi connectivity index (χ0v) is 13.4. The number of piperazine rings is 1. The maximum Gasteiger partial charge on any atom is 0.241 e. The first-order valence-corrected chi connectivity index (χ1v) is 7.31. The van der Waals surface area contributed by atoms with Gasteiger partial charge in [-0.25, -0.2) is 4.98 Å². The lowest BCUT2D eigenvalue weighted by molar-refractivity contribution is -0.134. The van der Waals surface area contributed by atoms with Crippen LogP contribution in [0, 0.1) is 0 Å². The number of nitrogens with zero attached hydrogens (tertiary/aromatic N) is 5. The summed E-state index contributed by atoms with van der Waals surface area (Å²) in [5.74, 6) is 1.50. The smallest absolute Gasteiger partial charge is 0.241 e. The van der Waals surface area contributed by atoms with E-state index in [1.807, 2.05) is 25.1 Å². The minimum Gasteiger partial charge on any atom is -0.383 e. The van der Waals surface area contributed by atoms with Gasteiger partial charge in [-0.05, 0) is 6.07 Å². The van der Waals surface area contributed by atoms with E-state index in [9.17, 15) is 4.79 Å². The largest absolute Gasteiger partial charge is 0.383 e. The summed E-state index contributed by atoms with van der Waals surface area (Å²) in [4.78, 5) is 26.7. The summed E-state index contributed by atoms with van der Waals surface area (Å²) >= 11 is 0. The van der Waals surface area contributed by atoms with Crippen LogP contribution in [0.1, 0.15) is 0 Å². The van der Waals surface area contributed by atoms with Gasteiger partial charge < -0.3 is 25.2 Å². The van der Waals surface area contributed by atoms with E-state index in [0.29, 0.717) is 19.0 Å². The van der Waals surface area contributed by atoms with Crippen LogP contribution in [0.15, 0.2) is 12.3 Å². The van der Waals surface area contributed by atoms with Crippen LogP contribution in [0.2, 0.25) is 0 Å². The molecule has 2 N–H and O–H groups in total. The fourth-order valence-corrected chi connectivity index (χ4v) is 2.37. The number of hydrogen-bond donors (Lipinski definition) is 1. The van der Waals surface area contributed by atoms with E-state index in [-0.39, 0.29) is 12.5 Å². The predicted octanol–water partition coefficient (Wildman–Crippen LogP) is -0.835. The Balaban J connectivity index is 1.94. The Morgan fingerprint density at radius 1 is 1.41 bits per heavy atom. The van der Waals surface area contributed by atoms with E-state index in [2.05, 4.69) is 14.9 Å². The van der Waals surface area contributed by atoms with Crippen molar-refractivity contribution >= 4 is 17.7 Å². The first kappa shape index (κ1) is 16.4. The van der Waals surface area contributed by atoms with E-state index in [1.54, 1.807) is 18.2 Å². The van der Waals surface area contributed by atoms with Gasteiger partial charge >= 0.3 is 0 Å². The van der Waals surface area contributed by atoms with Crippen LogP contribution in [0.4, 0.5) is 11.8 Å². The zero-order chi connectivity index (χ0) is 16.1. The van der Waals surface area contributed by atoms with Crippen LogP contribution in [-0.4, -0.2) is 80.8 Å². The normalized spacial score (nSPS) is 16.5. The van der Waals surface area contributed by atoms with E-state index in [1.165, 1.54) is 0 Å². The zero-order valence-electron chi connectivity index (χ0n) is 13.4. The minimum absolute atomic E-state index is 0.0573. The molecular formula is C14H24N6O2. The molecule has 22 heavy (non-hydrogen) atoms. The first-order valence-electron chi connectivity index (χ1n) is 7.31. The molecule has 0 spiro atoms. The highest BCUT2D eigenvalue weighted by Gasteiger charge is 2.25. The topological polar surface area (TPSA) is 87.8 Å². The number of rotatable bonds is 5. The SMILES string of the molecule is COCC(N)C(=O)N1CCN(c2ccnc(N(C)C)n2)CC1. The van der Waals surface area contributed by atoms with Crippen molar-refractivity contribution in [2.75, 3.05) is 63.8 Å². The lowest BCUT2D eigenvalue weighted by atomic mass is 10.2. The lowest BCUT2D eigenvalue weighted by Gasteiger charge is -2.36. The van der Waals surface area contributed by atoms with Crippen LogP contribution in [-0.2, 0) is 9.53 Å². The van der Waals surface area contributed by atoms with Crippen molar-refractivity contribution in [1.82, 2.24) is 14.9 Å². The molecule has 1 aromatic heterocycles. The Kier molecular flexibility index (Phi) is 5.51. The molecule has 0 saturated carbocycles. The van der Waals surface area contributed by atoms with Crippen LogP contribution in [0.25, 0.3) is 0 Å². The molecule has 1 atom stereocenters. The van der Waals surface area contributed by atoms with E-state index in [0.717, 1.165) is 18.9 Å². The Morgan fingerprint density at radius 3 is 2.68 bits per heavy atom. The third-order valence-corrected chi connectivity index (χ3v) is 3.61. The fraction of sp³-hybridized carbons (Fsp3) is 0.643. The predicted molar refractivity (Wildman–Crippen MR) is 85.0 cm³/mol. The van der Waals surface area contributed by atoms with Crippen LogP contribution < -0.4 is 15.5 Å². The highest BCUT2D eigenvalue weighted by molar-refractivity contribution is 5.82. The van der Waals surface area contributed by atoms with Crippen molar-refractivity contribution in [3.8, 4) is 0 Å². The number of amides is 1. The molecule has 8 nitrogen and oxygen atoms in total. The molecule has 0 bridgehead atoms. The number of carbonyl (C=O) groups excluding carboxylic acids is 1. The molecule has 1 fully saturated rings. The Morgan fingerprint density at radius 2 is 2.09 bits per heavy atom. The molecular weight excluding hydrogens is 284 g/mol. The summed E-state index contributed by atoms with van der Waals surface area (Å²) in [5.41, 5.74) is 5.80. The van der Waals surface area contributed by atoms with Gasteiger partial charge in [0.15, 0.2) is 0 Å². The molecule has 1 aromatic rings. The van der Waals surface area contributed by atoms with Gasteiger partial charge in [-0.1, -0.05) is 0 Å². The molecule has 0 aliphatic carbocycles. The van der Waals surface area contributed by atoms with Gasteiger partial charge in [-0.2, -0.15) is 4.98 Å². The third kappa shape index (κ3) is 3.83. The van der Waals surface area contributed by atoms with Gasteiger partial charge in [0.25, 0.3) is 0 Å². The van der Waals surface area contributed by atoms with Gasteiger partial charge in [0.2, 0.25) is 11.9 Å². The summed E-state index contributed by atoms with van der Waals surface area (Å²) in [5, 5.41) is 0. The second kappa shape index (κ2) is 7.37. The summed E-state index contributed by atoms with van der Waals surface area (Å²) in [7, 11) is 5.36. The molecule has 2 heterocycles. The maximum atomic E-state index is 12.1. The van der Waals surface area contributed by atoms with Crippen LogP contribution >= 0.6 is 0 Å². The molecule has 1 unspecified atom stereocenters. The number of nitrogens with two attached hydrogens (primary N) is 1. The molecule has 8 heteroatoms. The Hall–Kier alpha value is -1.93. The molecule has 2 rings (SSSR count). The van der Waals surface area contributed by atoms with Crippen molar-refractivity contribution in [2.24, 2.45) is 5.73 Å². The third-order valence-electron chi connectivity index (χ3n) is 3.61. The van der Waals surface area contributed by atoms with Crippen molar-refractivity contribution in [3.63, 3.8) is 0 Å². The molecule has 0 radical (unpaired) electrons. The maximum absolute atomic E-state index is 12.1. The van der Waals surface area contributed by atoms with E-state index >= 15 is 0 Å². The standard InChI is InChI=1S/C14H24N6O2/c1-18(2)14-16-5-4-12(17-14)19-6-8-20(9-7-19)13(21)11(15)10-22-3/h4-5,11H,6-10,15H2,1-3H3. The van der Waals surface area contributed by atoms with Gasteiger partial charge in [-0.15, -0.1) is 0 Å². The Labute approximate surface area is 130 Å². The van der Waals surface area contributed by atoms with E-state index < -0.39 is 6.04 Å². The fourth-order valence-electron chi connectivity index (χ4n) is 2.37. The number of carbonyl (C=O) groups is 1. The van der Waals surface area contributed by atoms with Crippen molar-refractivity contribution in [2.45, 2.75) is 6.04 Å². The Bertz CT molecular complexity index is 502. The average Bonchev–Trinajstić information content (AvgIpc) is 2.54. The second-order valence-electron chi connectivity index (χ2n) is 5.48. The van der Waals surface area contributed by atoms with Gasteiger partial charge in [0, 0.05) is 53.6 Å². The number of anilines is 2. The van der Waals surface area contributed by atoms with Crippen LogP contribution in [0.5, 0.6) is 0 Å². The summed E-state index contributed by atoms with van der Waals surface area (Å²) in [6.45, 7) is 2.98. The second-order valence-corrected chi connectivity index (χ2v) is 5.48. The molecule has 122 valence electrons. The summed E-state index contributed by atoms with van der Waals surface area (Å²) in [6, 6.07) is 1.30. The summed E-state index contributed by atoms with van der Waals surface area (Å²) in [6.07, 6.45) is 1.75. The van der Waals surface area contributed by atoms with E-state index in [4.69, 9.17) is 10.5 Å².